The monoisotopic (exact) mass is 172 g/mol. The van der Waals surface area contributed by atoms with E-state index in [4.69, 9.17) is 0 Å². The molecular formula is C11H8O2. The van der Waals surface area contributed by atoms with E-state index >= 15 is 0 Å². The summed E-state index contributed by atoms with van der Waals surface area (Å²) >= 11 is 0. The second-order valence-electron chi connectivity index (χ2n) is 2.64. The van der Waals surface area contributed by atoms with Crippen LogP contribution in [0.15, 0.2) is 18.2 Å². The van der Waals surface area contributed by atoms with E-state index in [1.54, 1.807) is 12.1 Å². The first-order valence-corrected chi connectivity index (χ1v) is 3.78. The molecule has 0 aliphatic heterocycles. The molecule has 13 heavy (non-hydrogen) atoms. The van der Waals surface area contributed by atoms with Gasteiger partial charge < -0.3 is 0 Å². The van der Waals surface area contributed by atoms with E-state index in [0.717, 1.165) is 11.8 Å². The number of hydrogen-bond acceptors (Lipinski definition) is 2. The molecule has 0 atom stereocenters. The molecule has 0 saturated heterocycles. The van der Waals surface area contributed by atoms with E-state index in [-0.39, 0.29) is 0 Å². The number of aryl methyl sites for hydroxylation is 1. The van der Waals surface area contributed by atoms with E-state index in [1.807, 2.05) is 13.0 Å². The zero-order valence-electron chi connectivity index (χ0n) is 7.20. The van der Waals surface area contributed by atoms with Gasteiger partial charge in [-0.05, 0) is 36.6 Å². The Balaban J connectivity index is 3.15. The first kappa shape index (κ1) is 9.21. The molecular weight excluding hydrogens is 164 g/mol. The average Bonchev–Trinajstić information content (AvgIpc) is 2.14. The Bertz CT molecular complexity index is 394. The minimum absolute atomic E-state index is 0.531. The third-order valence-corrected chi connectivity index (χ3v) is 1.51. The number of benzene rings is 1. The van der Waals surface area contributed by atoms with Gasteiger partial charge in [-0.15, -0.1) is 0 Å². The van der Waals surface area contributed by atoms with Crippen molar-refractivity contribution in [1.29, 1.82) is 0 Å². The van der Waals surface area contributed by atoms with Crippen LogP contribution in [0.25, 0.3) is 0 Å². The summed E-state index contributed by atoms with van der Waals surface area (Å²) in [4.78, 5) is 20.4. The number of carbonyl (C=O) groups excluding carboxylic acids is 2. The fraction of sp³-hybridized carbons (Fsp3) is 0.0909. The first-order chi connectivity index (χ1) is 6.26. The molecule has 1 rings (SSSR count). The highest BCUT2D eigenvalue weighted by molar-refractivity contribution is 5.77. The number of aldehydes is 2. The van der Waals surface area contributed by atoms with Crippen LogP contribution >= 0.6 is 0 Å². The van der Waals surface area contributed by atoms with E-state index in [1.165, 1.54) is 0 Å². The van der Waals surface area contributed by atoms with Gasteiger partial charge in [0.1, 0.15) is 6.29 Å². The summed E-state index contributed by atoms with van der Waals surface area (Å²) in [6, 6.07) is 5.24. The van der Waals surface area contributed by atoms with Crippen LogP contribution in [0.3, 0.4) is 0 Å². The molecule has 1 aromatic carbocycles. The molecule has 0 unspecified atom stereocenters. The maximum absolute atomic E-state index is 10.5. The van der Waals surface area contributed by atoms with Gasteiger partial charge in [-0.1, -0.05) is 5.92 Å². The summed E-state index contributed by atoms with van der Waals surface area (Å²) in [5.74, 6) is 4.93. The maximum atomic E-state index is 10.5. The lowest BCUT2D eigenvalue weighted by Crippen LogP contribution is -1.85. The standard InChI is InChI=1S/C11H8O2/c1-9-5-10(3-2-4-12)7-11(6-9)8-13/h4-8H,1H3. The lowest BCUT2D eigenvalue weighted by atomic mass is 10.1. The molecule has 0 bridgehead atoms. The molecule has 0 aromatic heterocycles. The Labute approximate surface area is 76.6 Å². The highest BCUT2D eigenvalue weighted by atomic mass is 16.1. The fourth-order valence-corrected chi connectivity index (χ4v) is 1.07. The molecule has 0 radical (unpaired) electrons. The van der Waals surface area contributed by atoms with Crippen LogP contribution in [0.1, 0.15) is 21.5 Å². The van der Waals surface area contributed by atoms with E-state index in [9.17, 15) is 9.59 Å². The predicted octanol–water partition coefficient (Wildman–Crippen LogP) is 1.36. The Morgan fingerprint density at radius 1 is 1.23 bits per heavy atom. The van der Waals surface area contributed by atoms with Crippen molar-refractivity contribution in [3.8, 4) is 11.8 Å². The van der Waals surface area contributed by atoms with Gasteiger partial charge in [0.2, 0.25) is 0 Å². The molecule has 2 nitrogen and oxygen atoms in total. The Morgan fingerprint density at radius 3 is 2.62 bits per heavy atom. The van der Waals surface area contributed by atoms with Gasteiger partial charge >= 0.3 is 0 Å². The van der Waals surface area contributed by atoms with Gasteiger partial charge in [0.05, 0.1) is 0 Å². The van der Waals surface area contributed by atoms with Crippen LogP contribution in [-0.2, 0) is 4.79 Å². The molecule has 0 spiro atoms. The molecule has 0 aliphatic carbocycles. The van der Waals surface area contributed by atoms with E-state index in [0.29, 0.717) is 17.4 Å². The molecule has 0 saturated carbocycles. The Hall–Kier alpha value is -1.88. The number of hydrogen-bond donors (Lipinski definition) is 0. The van der Waals surface area contributed by atoms with E-state index in [2.05, 4.69) is 11.8 Å². The fourth-order valence-electron chi connectivity index (χ4n) is 1.07. The molecule has 0 aliphatic rings. The third kappa shape index (κ3) is 2.57. The summed E-state index contributed by atoms with van der Waals surface area (Å²) in [6.45, 7) is 1.87. The third-order valence-electron chi connectivity index (χ3n) is 1.51. The van der Waals surface area contributed by atoms with Crippen molar-refractivity contribution in [1.82, 2.24) is 0 Å². The van der Waals surface area contributed by atoms with Crippen LogP contribution in [-0.4, -0.2) is 12.6 Å². The molecule has 2 heteroatoms. The highest BCUT2D eigenvalue weighted by Gasteiger charge is 1.94. The molecule has 1 aromatic rings. The minimum Gasteiger partial charge on any atom is -0.298 e. The van der Waals surface area contributed by atoms with Crippen molar-refractivity contribution in [2.45, 2.75) is 6.92 Å². The normalized spacial score (nSPS) is 8.38. The largest absolute Gasteiger partial charge is 0.298 e. The number of carbonyl (C=O) groups is 2. The van der Waals surface area contributed by atoms with Crippen LogP contribution in [0.2, 0.25) is 0 Å². The molecule has 0 fully saturated rings. The van der Waals surface area contributed by atoms with Gasteiger partial charge in [-0.2, -0.15) is 0 Å². The number of rotatable bonds is 1. The van der Waals surface area contributed by atoms with Gasteiger partial charge in [-0.3, -0.25) is 9.59 Å². The van der Waals surface area contributed by atoms with Crippen LogP contribution < -0.4 is 0 Å². The molecule has 0 amide bonds. The van der Waals surface area contributed by atoms with Crippen LogP contribution in [0, 0.1) is 18.8 Å². The van der Waals surface area contributed by atoms with Gasteiger partial charge in [-0.25, -0.2) is 0 Å². The van der Waals surface area contributed by atoms with Crippen molar-refractivity contribution in [3.05, 3.63) is 34.9 Å². The van der Waals surface area contributed by atoms with Crippen molar-refractivity contribution in [2.24, 2.45) is 0 Å². The van der Waals surface area contributed by atoms with Gasteiger partial charge in [0.15, 0.2) is 6.29 Å². The zero-order chi connectivity index (χ0) is 9.68. The molecule has 64 valence electrons. The predicted molar refractivity (Wildman–Crippen MR) is 49.5 cm³/mol. The summed E-state index contributed by atoms with van der Waals surface area (Å²) in [6.07, 6.45) is 1.29. The van der Waals surface area contributed by atoms with Crippen molar-refractivity contribution < 1.29 is 9.59 Å². The molecule has 0 heterocycles. The topological polar surface area (TPSA) is 34.1 Å². The second kappa shape index (κ2) is 4.22. The van der Waals surface area contributed by atoms with E-state index < -0.39 is 0 Å². The summed E-state index contributed by atoms with van der Waals surface area (Å²) in [5, 5.41) is 0. The van der Waals surface area contributed by atoms with Crippen molar-refractivity contribution >= 4 is 12.6 Å². The van der Waals surface area contributed by atoms with Crippen molar-refractivity contribution in [3.63, 3.8) is 0 Å². The summed E-state index contributed by atoms with van der Waals surface area (Å²) < 4.78 is 0. The van der Waals surface area contributed by atoms with Crippen LogP contribution in [0.4, 0.5) is 0 Å². The summed E-state index contributed by atoms with van der Waals surface area (Å²) in [7, 11) is 0. The maximum Gasteiger partial charge on any atom is 0.193 e. The lowest BCUT2D eigenvalue weighted by molar-refractivity contribution is -0.103. The van der Waals surface area contributed by atoms with Gasteiger partial charge in [0, 0.05) is 11.1 Å². The van der Waals surface area contributed by atoms with Crippen molar-refractivity contribution in [2.75, 3.05) is 0 Å². The molecule has 0 N–H and O–H groups in total. The average molecular weight is 172 g/mol. The lowest BCUT2D eigenvalue weighted by Gasteiger charge is -1.95. The smallest absolute Gasteiger partial charge is 0.193 e. The quantitative estimate of drug-likeness (QED) is 0.473. The Kier molecular flexibility index (Phi) is 2.99. The first-order valence-electron chi connectivity index (χ1n) is 3.78. The highest BCUT2D eigenvalue weighted by Crippen LogP contribution is 2.06. The van der Waals surface area contributed by atoms with Crippen LogP contribution in [0.5, 0.6) is 0 Å². The Morgan fingerprint density at radius 2 is 2.00 bits per heavy atom. The van der Waals surface area contributed by atoms with Gasteiger partial charge in [0.25, 0.3) is 0 Å². The zero-order valence-corrected chi connectivity index (χ0v) is 7.20. The second-order valence-corrected chi connectivity index (χ2v) is 2.64. The minimum atomic E-state index is 0.531. The summed E-state index contributed by atoms with van der Waals surface area (Å²) in [5.41, 5.74) is 2.23. The SMILES string of the molecule is Cc1cc(C#CC=O)cc(C=O)c1.